The molecule has 1 heterocycles. The van der Waals surface area contributed by atoms with Gasteiger partial charge in [-0.05, 0) is 45.7 Å². The molecule has 98 valence electrons. The van der Waals surface area contributed by atoms with E-state index < -0.39 is 0 Å². The molecule has 0 radical (unpaired) electrons. The Hall–Kier alpha value is -1.66. The van der Waals surface area contributed by atoms with E-state index in [1.807, 2.05) is 0 Å². The van der Waals surface area contributed by atoms with Crippen LogP contribution in [0.1, 0.15) is 10.4 Å². The van der Waals surface area contributed by atoms with Gasteiger partial charge in [-0.1, -0.05) is 6.07 Å². The molecule has 1 N–H and O–H groups in total. The SMILES string of the molecule is CNC(=O)c1cccc(Oc2nc(Cl)ncc2Br)c1. The third-order valence-electron chi connectivity index (χ3n) is 2.22. The summed E-state index contributed by atoms with van der Waals surface area (Å²) in [5.74, 6) is 0.579. The van der Waals surface area contributed by atoms with E-state index in [0.29, 0.717) is 15.8 Å². The fourth-order valence-corrected chi connectivity index (χ4v) is 1.76. The molecule has 0 aliphatic rings. The van der Waals surface area contributed by atoms with Crippen LogP contribution in [0.15, 0.2) is 34.9 Å². The maximum absolute atomic E-state index is 11.5. The minimum absolute atomic E-state index is 0.0839. The normalized spacial score (nSPS) is 10.1. The number of amides is 1. The summed E-state index contributed by atoms with van der Waals surface area (Å²) in [5, 5.41) is 2.63. The highest BCUT2D eigenvalue weighted by atomic mass is 79.9. The van der Waals surface area contributed by atoms with Crippen molar-refractivity contribution < 1.29 is 9.53 Å². The van der Waals surface area contributed by atoms with Gasteiger partial charge in [0.05, 0.1) is 4.47 Å². The second kappa shape index (κ2) is 5.99. The van der Waals surface area contributed by atoms with Crippen molar-refractivity contribution in [2.75, 3.05) is 7.05 Å². The molecule has 2 rings (SSSR count). The highest BCUT2D eigenvalue weighted by molar-refractivity contribution is 9.10. The summed E-state index contributed by atoms with van der Waals surface area (Å²) in [6, 6.07) is 6.74. The molecule has 7 heteroatoms. The highest BCUT2D eigenvalue weighted by Crippen LogP contribution is 2.28. The lowest BCUT2D eigenvalue weighted by Crippen LogP contribution is -2.17. The number of nitrogens with zero attached hydrogens (tertiary/aromatic N) is 2. The van der Waals surface area contributed by atoms with Crippen LogP contribution in [-0.4, -0.2) is 22.9 Å². The second-order valence-electron chi connectivity index (χ2n) is 3.50. The van der Waals surface area contributed by atoms with Gasteiger partial charge in [0.1, 0.15) is 5.75 Å². The predicted molar refractivity (Wildman–Crippen MR) is 74.6 cm³/mol. The Kier molecular flexibility index (Phi) is 4.34. The van der Waals surface area contributed by atoms with Crippen molar-refractivity contribution in [3.63, 3.8) is 0 Å². The molecule has 0 saturated heterocycles. The molecule has 0 fully saturated rings. The molecule has 0 spiro atoms. The molecule has 0 aliphatic carbocycles. The number of ether oxygens (including phenoxy) is 1. The summed E-state index contributed by atoms with van der Waals surface area (Å²) in [4.78, 5) is 19.3. The maximum atomic E-state index is 11.5. The number of aromatic nitrogens is 2. The number of hydrogen-bond acceptors (Lipinski definition) is 4. The molecule has 0 atom stereocenters. The number of carbonyl (C=O) groups excluding carboxylic acids is 1. The van der Waals surface area contributed by atoms with Crippen molar-refractivity contribution >= 4 is 33.4 Å². The van der Waals surface area contributed by atoms with Crippen LogP contribution < -0.4 is 10.1 Å². The van der Waals surface area contributed by atoms with Crippen LogP contribution in [-0.2, 0) is 0 Å². The Bertz CT molecular complexity index is 622. The first-order valence-electron chi connectivity index (χ1n) is 5.28. The summed E-state index contributed by atoms with van der Waals surface area (Å²) in [6.45, 7) is 0. The fraction of sp³-hybridized carbons (Fsp3) is 0.0833. The summed E-state index contributed by atoms with van der Waals surface area (Å²) >= 11 is 8.96. The zero-order valence-electron chi connectivity index (χ0n) is 9.85. The molecule has 0 unspecified atom stereocenters. The molecule has 0 saturated carbocycles. The van der Waals surface area contributed by atoms with Crippen molar-refractivity contribution in [2.24, 2.45) is 0 Å². The third kappa shape index (κ3) is 3.42. The van der Waals surface area contributed by atoms with Gasteiger partial charge in [-0.2, -0.15) is 4.98 Å². The van der Waals surface area contributed by atoms with Crippen molar-refractivity contribution in [3.8, 4) is 11.6 Å². The third-order valence-corrected chi connectivity index (χ3v) is 2.95. The van der Waals surface area contributed by atoms with E-state index in [-0.39, 0.29) is 17.1 Å². The van der Waals surface area contributed by atoms with Crippen LogP contribution >= 0.6 is 27.5 Å². The molecule has 0 bridgehead atoms. The van der Waals surface area contributed by atoms with Gasteiger partial charge in [-0.3, -0.25) is 4.79 Å². The monoisotopic (exact) mass is 341 g/mol. The zero-order valence-corrected chi connectivity index (χ0v) is 12.2. The molecular formula is C12H9BrClN3O2. The van der Waals surface area contributed by atoms with E-state index in [1.54, 1.807) is 31.3 Å². The van der Waals surface area contributed by atoms with E-state index in [1.165, 1.54) is 6.20 Å². The molecule has 5 nitrogen and oxygen atoms in total. The average molecular weight is 343 g/mol. The Morgan fingerprint density at radius 2 is 2.26 bits per heavy atom. The second-order valence-corrected chi connectivity index (χ2v) is 4.69. The van der Waals surface area contributed by atoms with Crippen molar-refractivity contribution in [2.45, 2.75) is 0 Å². The first-order valence-corrected chi connectivity index (χ1v) is 6.45. The lowest BCUT2D eigenvalue weighted by molar-refractivity contribution is 0.0963. The van der Waals surface area contributed by atoms with Crippen molar-refractivity contribution in [1.29, 1.82) is 0 Å². The Balaban J connectivity index is 2.28. The molecule has 19 heavy (non-hydrogen) atoms. The van der Waals surface area contributed by atoms with E-state index in [4.69, 9.17) is 16.3 Å². The van der Waals surface area contributed by atoms with Gasteiger partial charge >= 0.3 is 0 Å². The number of rotatable bonds is 3. The minimum Gasteiger partial charge on any atom is -0.438 e. The van der Waals surface area contributed by atoms with Crippen LogP contribution in [0, 0.1) is 0 Å². The van der Waals surface area contributed by atoms with Gasteiger partial charge in [0.25, 0.3) is 5.91 Å². The van der Waals surface area contributed by atoms with Gasteiger partial charge in [0.2, 0.25) is 11.2 Å². The summed E-state index contributed by atoms with van der Waals surface area (Å²) in [7, 11) is 1.57. The number of halogens is 2. The fourth-order valence-electron chi connectivity index (χ4n) is 1.36. The van der Waals surface area contributed by atoms with Crippen molar-refractivity contribution in [3.05, 3.63) is 45.8 Å². The van der Waals surface area contributed by atoms with Crippen LogP contribution in [0.2, 0.25) is 5.28 Å². The van der Waals surface area contributed by atoms with Gasteiger partial charge in [-0.25, -0.2) is 4.98 Å². The lowest BCUT2D eigenvalue weighted by Gasteiger charge is -2.07. The largest absolute Gasteiger partial charge is 0.438 e. The van der Waals surface area contributed by atoms with Crippen LogP contribution in [0.5, 0.6) is 11.6 Å². The molecule has 1 amide bonds. The predicted octanol–water partition coefficient (Wildman–Crippen LogP) is 3.04. The Labute approximate surface area is 123 Å². The van der Waals surface area contributed by atoms with Crippen LogP contribution in [0.4, 0.5) is 0 Å². The van der Waals surface area contributed by atoms with E-state index in [2.05, 4.69) is 31.2 Å². The number of benzene rings is 1. The van der Waals surface area contributed by atoms with Gasteiger partial charge in [0, 0.05) is 18.8 Å². The molecular weight excluding hydrogens is 334 g/mol. The minimum atomic E-state index is -0.190. The first kappa shape index (κ1) is 13.8. The highest BCUT2D eigenvalue weighted by Gasteiger charge is 2.09. The molecule has 1 aromatic carbocycles. The first-order chi connectivity index (χ1) is 9.10. The lowest BCUT2D eigenvalue weighted by atomic mass is 10.2. The Morgan fingerprint density at radius 3 is 3.00 bits per heavy atom. The smallest absolute Gasteiger partial charge is 0.251 e. The summed E-state index contributed by atoms with van der Waals surface area (Å²) in [5.41, 5.74) is 0.497. The topological polar surface area (TPSA) is 64.1 Å². The van der Waals surface area contributed by atoms with Gasteiger partial charge in [-0.15, -0.1) is 0 Å². The average Bonchev–Trinajstić information content (AvgIpc) is 2.42. The summed E-state index contributed by atoms with van der Waals surface area (Å²) in [6.07, 6.45) is 1.49. The maximum Gasteiger partial charge on any atom is 0.251 e. The Morgan fingerprint density at radius 1 is 1.47 bits per heavy atom. The zero-order chi connectivity index (χ0) is 13.8. The molecule has 2 aromatic rings. The number of nitrogens with one attached hydrogen (secondary N) is 1. The van der Waals surface area contributed by atoms with Gasteiger partial charge in [0.15, 0.2) is 0 Å². The number of carbonyl (C=O) groups is 1. The van der Waals surface area contributed by atoms with Gasteiger partial charge < -0.3 is 10.1 Å². The summed E-state index contributed by atoms with van der Waals surface area (Å²) < 4.78 is 6.13. The van der Waals surface area contributed by atoms with E-state index >= 15 is 0 Å². The van der Waals surface area contributed by atoms with E-state index in [9.17, 15) is 4.79 Å². The van der Waals surface area contributed by atoms with Crippen molar-refractivity contribution in [1.82, 2.24) is 15.3 Å². The van der Waals surface area contributed by atoms with Crippen LogP contribution in [0.3, 0.4) is 0 Å². The molecule has 1 aromatic heterocycles. The standard InChI is InChI=1S/C12H9BrClN3O2/c1-15-10(18)7-3-2-4-8(5-7)19-11-9(13)6-16-12(14)17-11/h2-6H,1H3,(H,15,18). The van der Waals surface area contributed by atoms with E-state index in [0.717, 1.165) is 0 Å². The molecule has 0 aliphatic heterocycles. The number of hydrogen-bond donors (Lipinski definition) is 1. The van der Waals surface area contributed by atoms with Crippen LogP contribution in [0.25, 0.3) is 0 Å². The quantitative estimate of drug-likeness (QED) is 0.871.